The summed E-state index contributed by atoms with van der Waals surface area (Å²) in [5.74, 6) is 0.273. The molecule has 1 rings (SSSR count). The number of ether oxygens (including phenoxy) is 1. The Hall–Kier alpha value is -1.82. The van der Waals surface area contributed by atoms with Crippen molar-refractivity contribution in [1.29, 1.82) is 5.26 Å². The molecule has 66 valence electrons. The molecule has 0 N–H and O–H groups in total. The lowest BCUT2D eigenvalue weighted by Crippen LogP contribution is -1.99. The standard InChI is InChI=1S/C10H9NO2/c1-13-10-7-8(5-6-11)3-2-4-9(10)12/h2-4,7H,5H2,1H3. The first kappa shape index (κ1) is 9.27. The normalized spacial score (nSPS) is 8.92. The molecular formula is C10H9NO2. The van der Waals surface area contributed by atoms with Gasteiger partial charge in [0.25, 0.3) is 0 Å². The largest absolute Gasteiger partial charge is 0.493 e. The molecular weight excluding hydrogens is 166 g/mol. The molecule has 0 saturated heterocycles. The lowest BCUT2D eigenvalue weighted by atomic mass is 10.2. The first-order valence-corrected chi connectivity index (χ1v) is 3.82. The Kier molecular flexibility index (Phi) is 3.04. The smallest absolute Gasteiger partial charge is 0.220 e. The van der Waals surface area contributed by atoms with E-state index in [1.807, 2.05) is 6.07 Å². The molecule has 3 nitrogen and oxygen atoms in total. The number of rotatable bonds is 2. The van der Waals surface area contributed by atoms with Crippen molar-refractivity contribution in [3.05, 3.63) is 40.1 Å². The Morgan fingerprint density at radius 3 is 2.92 bits per heavy atom. The number of nitriles is 1. The minimum Gasteiger partial charge on any atom is -0.493 e. The van der Waals surface area contributed by atoms with Crippen LogP contribution in [0.3, 0.4) is 0 Å². The number of hydrogen-bond acceptors (Lipinski definition) is 3. The lowest BCUT2D eigenvalue weighted by molar-refractivity contribution is 0.411. The van der Waals surface area contributed by atoms with Crippen LogP contribution in [-0.4, -0.2) is 7.11 Å². The quantitative estimate of drug-likeness (QED) is 0.676. The molecule has 0 spiro atoms. The third-order valence-corrected chi connectivity index (χ3v) is 1.62. The van der Waals surface area contributed by atoms with Crippen molar-refractivity contribution in [3.63, 3.8) is 0 Å². The minimum atomic E-state index is -0.174. The fourth-order valence-electron chi connectivity index (χ4n) is 0.990. The second-order valence-corrected chi connectivity index (χ2v) is 2.51. The van der Waals surface area contributed by atoms with E-state index < -0.39 is 0 Å². The molecule has 0 aliphatic heterocycles. The predicted octanol–water partition coefficient (Wildman–Crippen LogP) is 1.12. The van der Waals surface area contributed by atoms with E-state index in [4.69, 9.17) is 10.00 Å². The molecule has 0 amide bonds. The van der Waals surface area contributed by atoms with Gasteiger partial charge in [-0.05, 0) is 17.7 Å². The van der Waals surface area contributed by atoms with Gasteiger partial charge in [-0.3, -0.25) is 4.79 Å². The van der Waals surface area contributed by atoms with Crippen molar-refractivity contribution >= 4 is 0 Å². The number of nitrogens with zero attached hydrogens (tertiary/aromatic N) is 1. The van der Waals surface area contributed by atoms with Crippen molar-refractivity contribution in [2.45, 2.75) is 6.42 Å². The molecule has 0 unspecified atom stereocenters. The first-order chi connectivity index (χ1) is 6.27. The molecule has 1 aromatic rings. The maximum Gasteiger partial charge on any atom is 0.220 e. The van der Waals surface area contributed by atoms with Gasteiger partial charge in [-0.15, -0.1) is 0 Å². The Labute approximate surface area is 76.2 Å². The van der Waals surface area contributed by atoms with E-state index >= 15 is 0 Å². The Bertz CT molecular complexity index is 393. The second kappa shape index (κ2) is 4.27. The van der Waals surface area contributed by atoms with Crippen LogP contribution in [0.25, 0.3) is 0 Å². The average molecular weight is 175 g/mol. The van der Waals surface area contributed by atoms with Crippen LogP contribution in [0.15, 0.2) is 29.1 Å². The van der Waals surface area contributed by atoms with Gasteiger partial charge in [-0.1, -0.05) is 12.1 Å². The third kappa shape index (κ3) is 2.31. The summed E-state index contributed by atoms with van der Waals surface area (Å²) in [6.45, 7) is 0. The molecule has 0 saturated carbocycles. The monoisotopic (exact) mass is 175 g/mol. The highest BCUT2D eigenvalue weighted by Gasteiger charge is 1.97. The molecule has 3 heteroatoms. The molecule has 1 aromatic carbocycles. The van der Waals surface area contributed by atoms with Crippen LogP contribution >= 0.6 is 0 Å². The van der Waals surface area contributed by atoms with E-state index in [1.54, 1.807) is 18.2 Å². The molecule has 0 atom stereocenters. The predicted molar refractivity (Wildman–Crippen MR) is 48.6 cm³/mol. The molecule has 0 bridgehead atoms. The van der Waals surface area contributed by atoms with Crippen molar-refractivity contribution in [1.82, 2.24) is 0 Å². The van der Waals surface area contributed by atoms with E-state index in [0.717, 1.165) is 5.56 Å². The highest BCUT2D eigenvalue weighted by molar-refractivity contribution is 5.28. The summed E-state index contributed by atoms with van der Waals surface area (Å²) in [5.41, 5.74) is 0.605. The minimum absolute atomic E-state index is 0.174. The summed E-state index contributed by atoms with van der Waals surface area (Å²) in [6, 6.07) is 8.37. The first-order valence-electron chi connectivity index (χ1n) is 3.82. The lowest BCUT2D eigenvalue weighted by Gasteiger charge is -1.93. The van der Waals surface area contributed by atoms with Gasteiger partial charge in [0.05, 0.1) is 19.6 Å². The average Bonchev–Trinajstić information content (AvgIpc) is 2.29. The zero-order valence-corrected chi connectivity index (χ0v) is 7.28. The van der Waals surface area contributed by atoms with Gasteiger partial charge in [0.15, 0.2) is 5.75 Å². The molecule has 13 heavy (non-hydrogen) atoms. The van der Waals surface area contributed by atoms with Crippen LogP contribution in [0.2, 0.25) is 0 Å². The zero-order valence-electron chi connectivity index (χ0n) is 7.28. The van der Waals surface area contributed by atoms with E-state index in [9.17, 15) is 4.79 Å². The molecule has 0 radical (unpaired) electrons. The van der Waals surface area contributed by atoms with Gasteiger partial charge in [0.2, 0.25) is 5.43 Å². The second-order valence-electron chi connectivity index (χ2n) is 2.51. The van der Waals surface area contributed by atoms with E-state index in [2.05, 4.69) is 0 Å². The number of hydrogen-bond donors (Lipinski definition) is 0. The number of methoxy groups -OCH3 is 1. The maximum absolute atomic E-state index is 11.2. The van der Waals surface area contributed by atoms with Crippen molar-refractivity contribution < 1.29 is 4.74 Å². The van der Waals surface area contributed by atoms with Crippen LogP contribution in [0, 0.1) is 11.3 Å². The summed E-state index contributed by atoms with van der Waals surface area (Å²) < 4.78 is 4.87. The van der Waals surface area contributed by atoms with E-state index in [0.29, 0.717) is 0 Å². The Balaban J connectivity index is 3.24. The van der Waals surface area contributed by atoms with Crippen molar-refractivity contribution in [2.24, 2.45) is 0 Å². The van der Waals surface area contributed by atoms with E-state index in [1.165, 1.54) is 13.2 Å². The SMILES string of the molecule is COc1cc(CC#N)cccc1=O. The summed E-state index contributed by atoms with van der Waals surface area (Å²) in [4.78, 5) is 11.2. The Morgan fingerprint density at radius 1 is 1.54 bits per heavy atom. The summed E-state index contributed by atoms with van der Waals surface area (Å²) >= 11 is 0. The van der Waals surface area contributed by atoms with Crippen LogP contribution < -0.4 is 10.2 Å². The summed E-state index contributed by atoms with van der Waals surface area (Å²) in [6.07, 6.45) is 0.282. The van der Waals surface area contributed by atoms with Gasteiger partial charge >= 0.3 is 0 Å². The summed E-state index contributed by atoms with van der Waals surface area (Å²) in [5, 5.41) is 8.47. The zero-order chi connectivity index (χ0) is 9.68. The van der Waals surface area contributed by atoms with E-state index in [-0.39, 0.29) is 17.6 Å². The van der Waals surface area contributed by atoms with Gasteiger partial charge in [0, 0.05) is 0 Å². The van der Waals surface area contributed by atoms with Gasteiger partial charge < -0.3 is 4.74 Å². The topological polar surface area (TPSA) is 50.1 Å². The van der Waals surface area contributed by atoms with Gasteiger partial charge in [-0.2, -0.15) is 5.26 Å². The molecule has 0 heterocycles. The molecule has 0 fully saturated rings. The molecule has 0 aromatic heterocycles. The maximum atomic E-state index is 11.2. The van der Waals surface area contributed by atoms with Crippen molar-refractivity contribution in [3.8, 4) is 11.8 Å². The molecule has 0 aliphatic carbocycles. The fraction of sp³-hybridized carbons (Fsp3) is 0.200. The van der Waals surface area contributed by atoms with Crippen LogP contribution in [-0.2, 0) is 6.42 Å². The van der Waals surface area contributed by atoms with Crippen LogP contribution in [0.4, 0.5) is 0 Å². The summed E-state index contributed by atoms with van der Waals surface area (Å²) in [7, 11) is 1.44. The Morgan fingerprint density at radius 2 is 2.31 bits per heavy atom. The highest BCUT2D eigenvalue weighted by atomic mass is 16.5. The van der Waals surface area contributed by atoms with Gasteiger partial charge in [0.1, 0.15) is 0 Å². The third-order valence-electron chi connectivity index (χ3n) is 1.62. The highest BCUT2D eigenvalue weighted by Crippen LogP contribution is 2.05. The van der Waals surface area contributed by atoms with Gasteiger partial charge in [-0.25, -0.2) is 0 Å². The fourth-order valence-corrected chi connectivity index (χ4v) is 0.990. The van der Waals surface area contributed by atoms with Crippen LogP contribution in [0.5, 0.6) is 5.75 Å². The molecule has 0 aliphatic rings. The van der Waals surface area contributed by atoms with Crippen LogP contribution in [0.1, 0.15) is 5.56 Å². The van der Waals surface area contributed by atoms with Crippen molar-refractivity contribution in [2.75, 3.05) is 7.11 Å².